The first kappa shape index (κ1) is 38.4. The molecule has 0 aliphatic rings. The summed E-state index contributed by atoms with van der Waals surface area (Å²) in [5.74, 6) is 0.0366. The zero-order valence-electron chi connectivity index (χ0n) is 31.2. The molecule has 7 nitrogen and oxygen atoms in total. The Morgan fingerprint density at radius 3 is 1.24 bits per heavy atom. The Morgan fingerprint density at radius 2 is 0.891 bits per heavy atom. The van der Waals surface area contributed by atoms with Crippen LogP contribution in [0.25, 0.3) is 22.8 Å². The third-order valence-corrected chi connectivity index (χ3v) is 9.60. The van der Waals surface area contributed by atoms with E-state index in [0.717, 1.165) is 71.9 Å². The number of nitrogens with zero attached hydrogens (tertiary/aromatic N) is 6. The van der Waals surface area contributed by atoms with E-state index in [0.29, 0.717) is 11.6 Å². The Balaban J connectivity index is 1.22. The second kappa shape index (κ2) is 18.6. The fraction of sp³-hybridized carbons (Fsp3) is 0.261. The van der Waals surface area contributed by atoms with Crippen molar-refractivity contribution in [3.05, 3.63) is 154 Å². The first-order chi connectivity index (χ1) is 26.9. The second-order valence-corrected chi connectivity index (χ2v) is 13.6. The molecule has 6 rings (SSSR count). The Morgan fingerprint density at radius 1 is 0.509 bits per heavy atom. The summed E-state index contributed by atoms with van der Waals surface area (Å²) < 4.78 is 38.0. The van der Waals surface area contributed by atoms with Crippen molar-refractivity contribution in [1.29, 1.82) is 10.5 Å². The minimum Gasteiger partial charge on any atom is -0.457 e. The third kappa shape index (κ3) is 9.62. The number of halogens is 2. The summed E-state index contributed by atoms with van der Waals surface area (Å²) in [4.78, 5) is 18.2. The first-order valence-corrected chi connectivity index (χ1v) is 18.8. The fourth-order valence-electron chi connectivity index (χ4n) is 6.39. The molecular weight excluding hydrogens is 691 g/mol. The van der Waals surface area contributed by atoms with Gasteiger partial charge in [0, 0.05) is 59.9 Å². The van der Waals surface area contributed by atoms with Crippen LogP contribution in [0, 0.1) is 34.3 Å². The van der Waals surface area contributed by atoms with Crippen molar-refractivity contribution in [2.45, 2.75) is 78.1 Å². The number of ether oxygens (including phenoxy) is 1. The number of hydrogen-bond acceptors (Lipinski definition) is 7. The van der Waals surface area contributed by atoms with Gasteiger partial charge in [0.25, 0.3) is 0 Å². The van der Waals surface area contributed by atoms with Gasteiger partial charge in [-0.05, 0) is 72.2 Å². The molecule has 9 heteroatoms. The van der Waals surface area contributed by atoms with Crippen LogP contribution in [0.5, 0.6) is 11.5 Å². The lowest BCUT2D eigenvalue weighted by molar-refractivity contribution is 0.456. The molecule has 0 spiro atoms. The predicted molar refractivity (Wildman–Crippen MR) is 209 cm³/mol. The average molecular weight is 733 g/mol. The monoisotopic (exact) mass is 732 g/mol. The van der Waals surface area contributed by atoms with Gasteiger partial charge in [0.05, 0.1) is 11.1 Å². The Hall–Kier alpha value is -6.32. The third-order valence-electron chi connectivity index (χ3n) is 9.60. The summed E-state index contributed by atoms with van der Waals surface area (Å²) >= 11 is 0. The Bertz CT molecular complexity index is 2130. The summed E-state index contributed by atoms with van der Waals surface area (Å²) in [6, 6.07) is 24.5. The van der Waals surface area contributed by atoms with Crippen LogP contribution in [0.1, 0.15) is 96.9 Å². The van der Waals surface area contributed by atoms with E-state index >= 15 is 8.78 Å². The smallest absolute Gasteiger partial charge is 0.159 e. The summed E-state index contributed by atoms with van der Waals surface area (Å²) in [6.07, 6.45) is 16.4. The van der Waals surface area contributed by atoms with E-state index in [9.17, 15) is 10.5 Å². The van der Waals surface area contributed by atoms with Crippen LogP contribution in [0.4, 0.5) is 8.78 Å². The molecule has 0 atom stereocenters. The second-order valence-electron chi connectivity index (χ2n) is 13.6. The van der Waals surface area contributed by atoms with Gasteiger partial charge in [-0.1, -0.05) is 88.1 Å². The summed E-state index contributed by atoms with van der Waals surface area (Å²) in [7, 11) is 0. The van der Waals surface area contributed by atoms with Crippen molar-refractivity contribution in [2.75, 3.05) is 0 Å². The van der Waals surface area contributed by atoms with E-state index in [1.165, 1.54) is 37.1 Å². The lowest BCUT2D eigenvalue weighted by atomic mass is 9.98. The van der Waals surface area contributed by atoms with Gasteiger partial charge in [-0.3, -0.25) is 0 Å². The van der Waals surface area contributed by atoms with Gasteiger partial charge in [-0.15, -0.1) is 0 Å². The number of aryl methyl sites for hydroxylation is 2. The minimum atomic E-state index is -0.714. The van der Waals surface area contributed by atoms with Gasteiger partial charge in [0.1, 0.15) is 35.3 Å². The number of rotatable bonds is 16. The molecule has 2 heterocycles. The Kier molecular flexibility index (Phi) is 13.0. The van der Waals surface area contributed by atoms with Crippen molar-refractivity contribution >= 4 is 0 Å². The zero-order valence-corrected chi connectivity index (χ0v) is 31.2. The highest BCUT2D eigenvalue weighted by atomic mass is 19.1. The molecule has 55 heavy (non-hydrogen) atoms. The molecule has 4 aromatic carbocycles. The largest absolute Gasteiger partial charge is 0.457 e. The fourth-order valence-corrected chi connectivity index (χ4v) is 6.39. The molecule has 2 aromatic heterocycles. The van der Waals surface area contributed by atoms with E-state index in [4.69, 9.17) is 4.74 Å². The number of aromatic nitrogens is 4. The van der Waals surface area contributed by atoms with Gasteiger partial charge in [0.2, 0.25) is 0 Å². The molecule has 0 bridgehead atoms. The molecule has 6 aromatic rings. The standard InChI is InChI=1S/C46H42F2N6O/c1-3-5-7-9-33-27-51-45(52-28-33)35-15-11-31(12-16-35)23-39-41(21-19-37(25-49)43(39)47)55-42-22-20-38(26-50)44(48)40(42)24-32-13-17-36(18-14-32)46-53-29-34(30-54-46)10-8-6-4-2/h11-22,27-30H,3-10,23-24H2,1-2H3. The molecule has 0 N–H and O–H groups in total. The zero-order chi connectivity index (χ0) is 38.6. The van der Waals surface area contributed by atoms with Gasteiger partial charge < -0.3 is 4.74 Å². The van der Waals surface area contributed by atoms with Crippen molar-refractivity contribution < 1.29 is 13.5 Å². The normalized spacial score (nSPS) is 10.9. The van der Waals surface area contributed by atoms with Crippen molar-refractivity contribution in [1.82, 2.24) is 19.9 Å². The molecule has 0 saturated carbocycles. The summed E-state index contributed by atoms with van der Waals surface area (Å²) in [6.45, 7) is 4.35. The lowest BCUT2D eigenvalue weighted by Gasteiger charge is -2.17. The SMILES string of the molecule is CCCCCc1cnc(-c2ccc(Cc3c(Oc4ccc(C#N)c(F)c4Cc4ccc(-c5ncc(CCCCC)cn5)cc4)ccc(C#N)c3F)cc2)nc1. The van der Waals surface area contributed by atoms with E-state index < -0.39 is 11.6 Å². The van der Waals surface area contributed by atoms with Gasteiger partial charge >= 0.3 is 0 Å². The van der Waals surface area contributed by atoms with Crippen LogP contribution in [0.2, 0.25) is 0 Å². The van der Waals surface area contributed by atoms with Crippen molar-refractivity contribution in [3.8, 4) is 46.4 Å². The highest BCUT2D eigenvalue weighted by molar-refractivity contribution is 5.58. The maximum atomic E-state index is 15.9. The van der Waals surface area contributed by atoms with E-state index in [2.05, 4.69) is 33.8 Å². The van der Waals surface area contributed by atoms with Crippen LogP contribution < -0.4 is 4.74 Å². The average Bonchev–Trinajstić information content (AvgIpc) is 3.22. The van der Waals surface area contributed by atoms with Gasteiger partial charge in [-0.25, -0.2) is 28.7 Å². The predicted octanol–water partition coefficient (Wildman–Crippen LogP) is 11.1. The summed E-state index contributed by atoms with van der Waals surface area (Å²) in [5.41, 5.74) is 5.40. The number of nitriles is 2. The van der Waals surface area contributed by atoms with Crippen LogP contribution in [-0.2, 0) is 25.7 Å². The first-order valence-electron chi connectivity index (χ1n) is 18.8. The number of hydrogen-bond donors (Lipinski definition) is 0. The molecule has 0 radical (unpaired) electrons. The van der Waals surface area contributed by atoms with Gasteiger partial charge in [0.15, 0.2) is 11.6 Å². The highest BCUT2D eigenvalue weighted by Crippen LogP contribution is 2.36. The molecule has 0 fully saturated rings. The van der Waals surface area contributed by atoms with E-state index in [-0.39, 0.29) is 46.6 Å². The van der Waals surface area contributed by atoms with Gasteiger partial charge in [-0.2, -0.15) is 10.5 Å². The number of benzene rings is 4. The molecule has 0 aliphatic carbocycles. The molecule has 0 aliphatic heterocycles. The highest BCUT2D eigenvalue weighted by Gasteiger charge is 2.21. The van der Waals surface area contributed by atoms with Crippen LogP contribution in [-0.4, -0.2) is 19.9 Å². The van der Waals surface area contributed by atoms with Crippen LogP contribution >= 0.6 is 0 Å². The van der Waals surface area contributed by atoms with E-state index in [1.54, 1.807) is 0 Å². The maximum Gasteiger partial charge on any atom is 0.159 e. The molecule has 0 unspecified atom stereocenters. The number of unbranched alkanes of at least 4 members (excludes halogenated alkanes) is 4. The van der Waals surface area contributed by atoms with Crippen LogP contribution in [0.15, 0.2) is 97.6 Å². The molecule has 0 saturated heterocycles. The topological polar surface area (TPSA) is 108 Å². The molecular formula is C46H42F2N6O. The molecule has 0 amide bonds. The van der Waals surface area contributed by atoms with Crippen molar-refractivity contribution in [3.63, 3.8) is 0 Å². The van der Waals surface area contributed by atoms with E-state index in [1.807, 2.05) is 85.5 Å². The Labute approximate surface area is 321 Å². The molecule has 276 valence electrons. The summed E-state index contributed by atoms with van der Waals surface area (Å²) in [5, 5.41) is 19.3. The lowest BCUT2D eigenvalue weighted by Crippen LogP contribution is -2.04. The maximum absolute atomic E-state index is 15.9. The quantitative estimate of drug-likeness (QED) is 0.0911. The van der Waals surface area contributed by atoms with Crippen molar-refractivity contribution in [2.24, 2.45) is 0 Å². The van der Waals surface area contributed by atoms with Crippen LogP contribution in [0.3, 0.4) is 0 Å². The minimum absolute atomic E-state index is 0.103.